The Morgan fingerprint density at radius 2 is 1.82 bits per heavy atom. The minimum atomic E-state index is -1.22. The second kappa shape index (κ2) is 7.73. The zero-order valence-electron chi connectivity index (χ0n) is 15.4. The number of allylic oxidation sites excluding steroid dienone is 1. The molecular weight excluding hydrogens is 486 g/mol. The van der Waals surface area contributed by atoms with Crippen molar-refractivity contribution in [1.82, 2.24) is 0 Å². The van der Waals surface area contributed by atoms with E-state index in [9.17, 15) is 15.2 Å². The first-order valence-corrected chi connectivity index (χ1v) is 10.3. The summed E-state index contributed by atoms with van der Waals surface area (Å²) < 4.78 is 6.55. The van der Waals surface area contributed by atoms with E-state index >= 15 is 0 Å². The van der Waals surface area contributed by atoms with E-state index in [-0.39, 0.29) is 5.92 Å². The van der Waals surface area contributed by atoms with Crippen molar-refractivity contribution in [2.75, 3.05) is 0 Å². The van der Waals surface area contributed by atoms with Crippen LogP contribution in [0.1, 0.15) is 25.3 Å². The van der Waals surface area contributed by atoms with Crippen LogP contribution in [0.3, 0.4) is 0 Å². The summed E-state index contributed by atoms with van der Waals surface area (Å²) >= 11 is 6.65. The maximum Gasteiger partial charge on any atom is 0.312 e. The number of para-hydroxylation sites is 1. The van der Waals surface area contributed by atoms with Crippen LogP contribution < -0.4 is 4.74 Å². The van der Waals surface area contributed by atoms with Crippen molar-refractivity contribution >= 4 is 37.8 Å². The lowest BCUT2D eigenvalue weighted by Crippen LogP contribution is -2.28. The average Bonchev–Trinajstić information content (AvgIpc) is 3.12. The monoisotopic (exact) mass is 503 g/mol. The molecule has 1 aliphatic rings. The summed E-state index contributed by atoms with van der Waals surface area (Å²) in [7, 11) is 0. The predicted molar refractivity (Wildman–Crippen MR) is 115 cm³/mol. The zero-order chi connectivity index (χ0) is 20.5. The SMILES string of the molecule is CC1(C)[C@@H](C=C(Br)Br)[C@]1(C(=O)O)[C@H](C#N)c1cccc(Oc2ccccc2)c1. The molecule has 2 aromatic rings. The molecule has 0 aromatic heterocycles. The summed E-state index contributed by atoms with van der Waals surface area (Å²) in [4.78, 5) is 12.4. The van der Waals surface area contributed by atoms with Crippen molar-refractivity contribution in [3.8, 4) is 17.6 Å². The molecule has 1 N–H and O–H groups in total. The fraction of sp³-hybridized carbons (Fsp3) is 0.273. The Bertz CT molecular complexity index is 961. The summed E-state index contributed by atoms with van der Waals surface area (Å²) in [6, 6.07) is 18.7. The Hall–Kier alpha value is -2.10. The topological polar surface area (TPSA) is 70.3 Å². The summed E-state index contributed by atoms with van der Waals surface area (Å²) in [5.74, 6) is -0.843. The fourth-order valence-corrected chi connectivity index (χ4v) is 4.74. The first kappa shape index (κ1) is 20.6. The molecule has 0 spiro atoms. The number of aliphatic carboxylic acids is 1. The molecule has 2 aromatic carbocycles. The molecule has 3 atom stereocenters. The molecule has 6 heteroatoms. The van der Waals surface area contributed by atoms with E-state index in [0.717, 1.165) is 0 Å². The maximum atomic E-state index is 12.4. The van der Waals surface area contributed by atoms with Gasteiger partial charge in [0.1, 0.15) is 16.9 Å². The number of carboxylic acid groups (broad SMARTS) is 1. The van der Waals surface area contributed by atoms with Gasteiger partial charge in [-0.3, -0.25) is 4.79 Å². The predicted octanol–water partition coefficient (Wildman–Crippen LogP) is 6.44. The van der Waals surface area contributed by atoms with Gasteiger partial charge in [0.15, 0.2) is 0 Å². The Balaban J connectivity index is 2.01. The van der Waals surface area contributed by atoms with Crippen LogP contribution >= 0.6 is 31.9 Å². The third-order valence-corrected chi connectivity index (χ3v) is 6.18. The van der Waals surface area contributed by atoms with Crippen molar-refractivity contribution in [1.29, 1.82) is 5.26 Å². The van der Waals surface area contributed by atoms with Gasteiger partial charge in [0.2, 0.25) is 0 Å². The number of nitriles is 1. The van der Waals surface area contributed by atoms with Crippen molar-refractivity contribution in [3.05, 3.63) is 69.6 Å². The van der Waals surface area contributed by atoms with Gasteiger partial charge >= 0.3 is 5.97 Å². The van der Waals surface area contributed by atoms with Gasteiger partial charge in [-0.25, -0.2) is 0 Å². The number of carbonyl (C=O) groups is 1. The molecule has 0 amide bonds. The molecule has 144 valence electrons. The first-order chi connectivity index (χ1) is 13.2. The van der Waals surface area contributed by atoms with Crippen molar-refractivity contribution < 1.29 is 14.6 Å². The van der Waals surface area contributed by atoms with E-state index < -0.39 is 22.7 Å². The van der Waals surface area contributed by atoms with E-state index in [1.54, 1.807) is 24.3 Å². The van der Waals surface area contributed by atoms with Crippen molar-refractivity contribution in [3.63, 3.8) is 0 Å². The van der Waals surface area contributed by atoms with Gasteiger partial charge in [0.05, 0.1) is 15.4 Å². The average molecular weight is 505 g/mol. The summed E-state index contributed by atoms with van der Waals surface area (Å²) in [5, 5.41) is 20.1. The standard InChI is InChI=1S/C22H19Br2NO3/c1-21(2)18(12-19(23)24)22(21,20(26)27)17(13-25)14-7-6-10-16(11-14)28-15-8-4-3-5-9-15/h3-12,17-18H,1-2H3,(H,26,27)/t17-,18-,22+/m1/s1. The van der Waals surface area contributed by atoms with Gasteiger partial charge in [-0.05, 0) is 67.1 Å². The highest BCUT2D eigenvalue weighted by Crippen LogP contribution is 2.75. The highest BCUT2D eigenvalue weighted by atomic mass is 79.9. The highest BCUT2D eigenvalue weighted by molar-refractivity contribution is 9.28. The van der Waals surface area contributed by atoms with E-state index in [2.05, 4.69) is 37.9 Å². The molecule has 0 heterocycles. The number of hydrogen-bond acceptors (Lipinski definition) is 3. The summed E-state index contributed by atoms with van der Waals surface area (Å²) in [6.07, 6.45) is 1.82. The molecule has 4 nitrogen and oxygen atoms in total. The number of halogens is 2. The minimum Gasteiger partial charge on any atom is -0.481 e. The quantitative estimate of drug-likeness (QED) is 0.491. The number of carboxylic acids is 1. The Morgan fingerprint density at radius 3 is 2.39 bits per heavy atom. The van der Waals surface area contributed by atoms with Crippen molar-refractivity contribution in [2.45, 2.75) is 19.8 Å². The van der Waals surface area contributed by atoms with Crippen LogP contribution in [-0.4, -0.2) is 11.1 Å². The van der Waals surface area contributed by atoms with Crippen LogP contribution in [0.25, 0.3) is 0 Å². The third kappa shape index (κ3) is 3.38. The van der Waals surface area contributed by atoms with Crippen LogP contribution in [0.5, 0.6) is 11.5 Å². The maximum absolute atomic E-state index is 12.4. The van der Waals surface area contributed by atoms with Crippen LogP contribution in [0.4, 0.5) is 0 Å². The molecular formula is C22H19Br2NO3. The molecule has 3 rings (SSSR count). The summed E-state index contributed by atoms with van der Waals surface area (Å²) in [6.45, 7) is 3.78. The Morgan fingerprint density at radius 1 is 1.18 bits per heavy atom. The highest BCUT2D eigenvalue weighted by Gasteiger charge is 2.78. The number of rotatable bonds is 6. The molecule has 0 radical (unpaired) electrons. The molecule has 1 saturated carbocycles. The third-order valence-electron chi connectivity index (χ3n) is 5.65. The second-order valence-electron chi connectivity index (χ2n) is 7.38. The Kier molecular flexibility index (Phi) is 5.69. The van der Waals surface area contributed by atoms with E-state index in [4.69, 9.17) is 4.74 Å². The van der Waals surface area contributed by atoms with E-state index in [0.29, 0.717) is 20.5 Å². The number of ether oxygens (including phenoxy) is 1. The second-order valence-corrected chi connectivity index (χ2v) is 10.2. The van der Waals surface area contributed by atoms with E-state index in [1.807, 2.05) is 50.3 Å². The molecule has 0 aliphatic heterocycles. The van der Waals surface area contributed by atoms with Crippen LogP contribution in [0.2, 0.25) is 0 Å². The van der Waals surface area contributed by atoms with Gasteiger partial charge in [-0.2, -0.15) is 5.26 Å². The van der Waals surface area contributed by atoms with Gasteiger partial charge < -0.3 is 9.84 Å². The van der Waals surface area contributed by atoms with Gasteiger partial charge in [-0.15, -0.1) is 0 Å². The summed E-state index contributed by atoms with van der Waals surface area (Å²) in [5.41, 5.74) is -1.17. The lowest BCUT2D eigenvalue weighted by atomic mass is 9.78. The number of hydrogen-bond donors (Lipinski definition) is 1. The minimum absolute atomic E-state index is 0.297. The first-order valence-electron chi connectivity index (χ1n) is 8.73. The van der Waals surface area contributed by atoms with E-state index in [1.165, 1.54) is 0 Å². The number of benzene rings is 2. The molecule has 0 bridgehead atoms. The van der Waals surface area contributed by atoms with Crippen LogP contribution in [0, 0.1) is 28.1 Å². The smallest absolute Gasteiger partial charge is 0.312 e. The normalized spacial score (nSPS) is 23.2. The largest absolute Gasteiger partial charge is 0.481 e. The van der Waals surface area contributed by atoms with Crippen molar-refractivity contribution in [2.24, 2.45) is 16.7 Å². The Labute approximate surface area is 181 Å². The molecule has 1 fully saturated rings. The van der Waals surface area contributed by atoms with Gasteiger partial charge in [0, 0.05) is 5.92 Å². The van der Waals surface area contributed by atoms with Crippen LogP contribution in [-0.2, 0) is 4.79 Å². The number of nitrogens with zero attached hydrogens (tertiary/aromatic N) is 1. The zero-order valence-corrected chi connectivity index (χ0v) is 18.6. The lowest BCUT2D eigenvalue weighted by Gasteiger charge is -2.22. The van der Waals surface area contributed by atoms with Gasteiger partial charge in [-0.1, -0.05) is 50.3 Å². The molecule has 0 unspecified atom stereocenters. The fourth-order valence-electron chi connectivity index (χ4n) is 4.21. The van der Waals surface area contributed by atoms with Gasteiger partial charge in [0.25, 0.3) is 0 Å². The molecule has 1 aliphatic carbocycles. The molecule has 28 heavy (non-hydrogen) atoms. The molecule has 0 saturated heterocycles. The lowest BCUT2D eigenvalue weighted by molar-refractivity contribution is -0.145. The van der Waals surface area contributed by atoms with Crippen LogP contribution in [0.15, 0.2) is 64.1 Å².